The average molecular weight is 573 g/mol. The van der Waals surface area contributed by atoms with Gasteiger partial charge in [0.25, 0.3) is 0 Å². The van der Waals surface area contributed by atoms with Gasteiger partial charge in [0, 0.05) is 12.8 Å². The van der Waals surface area contributed by atoms with Crippen LogP contribution < -0.4 is 11.5 Å². The molecule has 0 aromatic rings. The van der Waals surface area contributed by atoms with E-state index in [4.69, 9.17) is 21.7 Å². The van der Waals surface area contributed by atoms with E-state index in [2.05, 4.69) is 13.8 Å². The minimum Gasteiger partial charge on any atom is -0.394 e. The van der Waals surface area contributed by atoms with Crippen LogP contribution in [0.2, 0.25) is 0 Å². The zero-order valence-electron chi connectivity index (χ0n) is 27.1. The molecule has 0 aliphatic rings. The van der Waals surface area contributed by atoms with Crippen molar-refractivity contribution in [2.45, 2.75) is 194 Å². The third-order valence-corrected chi connectivity index (χ3v) is 7.15. The fourth-order valence-electron chi connectivity index (χ4n) is 4.63. The molecule has 0 aliphatic carbocycles. The number of aliphatic hydroxyl groups excluding tert-OH is 2. The number of primary amides is 2. The number of hydrogen-bond acceptors (Lipinski definition) is 4. The Morgan fingerprint density at radius 2 is 0.550 bits per heavy atom. The summed E-state index contributed by atoms with van der Waals surface area (Å²) in [5.74, 6) is -0.309. The van der Waals surface area contributed by atoms with E-state index in [1.54, 1.807) is 0 Å². The van der Waals surface area contributed by atoms with E-state index in [9.17, 15) is 9.59 Å². The molecule has 0 heterocycles. The van der Waals surface area contributed by atoms with E-state index < -0.39 is 0 Å². The summed E-state index contributed by atoms with van der Waals surface area (Å²) < 4.78 is 0. The summed E-state index contributed by atoms with van der Waals surface area (Å²) in [4.78, 5) is 21.0. The van der Waals surface area contributed by atoms with E-state index in [0.29, 0.717) is 12.8 Å². The first kappa shape index (κ1) is 43.3. The SMILES string of the molecule is CCCCCCCCCCCCCCCC(N)=O.CCCCCCCCCCCCCCCC(N)=O.OCCO. The summed E-state index contributed by atoms with van der Waals surface area (Å²) in [6, 6.07) is 0. The molecule has 0 bridgehead atoms. The van der Waals surface area contributed by atoms with Crippen LogP contribution in [0.15, 0.2) is 0 Å². The number of unbranched alkanes of at least 4 members (excludes halogenated alkanes) is 24. The highest BCUT2D eigenvalue weighted by molar-refractivity contribution is 5.73. The Kier molecular flexibility index (Phi) is 45.8. The van der Waals surface area contributed by atoms with Crippen LogP contribution in [0.25, 0.3) is 0 Å². The molecule has 6 heteroatoms. The van der Waals surface area contributed by atoms with Crippen molar-refractivity contribution in [3.63, 3.8) is 0 Å². The van der Waals surface area contributed by atoms with Gasteiger partial charge in [0.15, 0.2) is 0 Å². The Labute approximate surface area is 249 Å². The van der Waals surface area contributed by atoms with E-state index in [-0.39, 0.29) is 25.0 Å². The first-order valence-electron chi connectivity index (χ1n) is 17.2. The van der Waals surface area contributed by atoms with Crippen LogP contribution in [0.1, 0.15) is 194 Å². The van der Waals surface area contributed by atoms with Gasteiger partial charge in [-0.3, -0.25) is 9.59 Å². The third kappa shape index (κ3) is 53.2. The smallest absolute Gasteiger partial charge is 0.217 e. The summed E-state index contributed by atoms with van der Waals surface area (Å²) in [5.41, 5.74) is 10.2. The maximum Gasteiger partial charge on any atom is 0.217 e. The lowest BCUT2D eigenvalue weighted by atomic mass is 10.0. The second-order valence-electron chi connectivity index (χ2n) is 11.4. The van der Waals surface area contributed by atoms with E-state index in [1.165, 1.54) is 154 Å². The molecule has 0 spiro atoms. The van der Waals surface area contributed by atoms with Crippen LogP contribution in [-0.2, 0) is 9.59 Å². The lowest BCUT2D eigenvalue weighted by Gasteiger charge is -2.02. The topological polar surface area (TPSA) is 127 Å². The zero-order chi connectivity index (χ0) is 30.4. The van der Waals surface area contributed by atoms with Crippen LogP contribution in [0, 0.1) is 0 Å². The van der Waals surface area contributed by atoms with Gasteiger partial charge in [-0.05, 0) is 12.8 Å². The van der Waals surface area contributed by atoms with Gasteiger partial charge in [0.1, 0.15) is 0 Å². The Morgan fingerprint density at radius 1 is 0.375 bits per heavy atom. The molecule has 0 saturated carbocycles. The largest absolute Gasteiger partial charge is 0.394 e. The van der Waals surface area contributed by atoms with Gasteiger partial charge in [0.2, 0.25) is 11.8 Å². The molecule has 0 rings (SSSR count). The Bertz CT molecular complexity index is 433. The second-order valence-corrected chi connectivity index (χ2v) is 11.4. The molecule has 40 heavy (non-hydrogen) atoms. The first-order valence-corrected chi connectivity index (χ1v) is 17.2. The molecule has 6 N–H and O–H groups in total. The third-order valence-electron chi connectivity index (χ3n) is 7.15. The lowest BCUT2D eigenvalue weighted by molar-refractivity contribution is -0.119. The van der Waals surface area contributed by atoms with Crippen LogP contribution in [0.5, 0.6) is 0 Å². The van der Waals surface area contributed by atoms with Crippen molar-refractivity contribution >= 4 is 11.8 Å². The van der Waals surface area contributed by atoms with Gasteiger partial charge in [-0.1, -0.05) is 168 Å². The van der Waals surface area contributed by atoms with Crippen molar-refractivity contribution in [1.29, 1.82) is 0 Å². The fourth-order valence-corrected chi connectivity index (χ4v) is 4.63. The van der Waals surface area contributed by atoms with Crippen LogP contribution in [-0.4, -0.2) is 35.2 Å². The molecule has 0 aromatic carbocycles. The Hall–Kier alpha value is -1.14. The summed E-state index contributed by atoms with van der Waals surface area (Å²) in [6.07, 6.45) is 35.9. The van der Waals surface area contributed by atoms with Gasteiger partial charge in [-0.15, -0.1) is 0 Å². The number of carbonyl (C=O) groups is 2. The van der Waals surface area contributed by atoms with Gasteiger partial charge < -0.3 is 21.7 Å². The summed E-state index contributed by atoms with van der Waals surface area (Å²) >= 11 is 0. The van der Waals surface area contributed by atoms with Gasteiger partial charge in [-0.2, -0.15) is 0 Å². The predicted molar refractivity (Wildman–Crippen MR) is 173 cm³/mol. The highest BCUT2D eigenvalue weighted by Gasteiger charge is 1.97. The van der Waals surface area contributed by atoms with Crippen molar-refractivity contribution in [3.8, 4) is 0 Å². The standard InChI is InChI=1S/2C16H33NO.C2H6O2/c2*1-2-3-4-5-6-7-8-9-10-11-12-13-14-15-16(17)18;3-1-2-4/h2*2-15H2,1H3,(H2,17,18);3-4H,1-2H2. The van der Waals surface area contributed by atoms with Crippen molar-refractivity contribution in [1.82, 2.24) is 0 Å². The van der Waals surface area contributed by atoms with E-state index >= 15 is 0 Å². The van der Waals surface area contributed by atoms with Crippen molar-refractivity contribution in [2.24, 2.45) is 11.5 Å². The van der Waals surface area contributed by atoms with Crippen molar-refractivity contribution in [2.75, 3.05) is 13.2 Å². The van der Waals surface area contributed by atoms with E-state index in [1.807, 2.05) is 0 Å². The first-order chi connectivity index (χ1) is 19.5. The predicted octanol–water partition coefficient (Wildman–Crippen LogP) is 8.88. The molecule has 2 amide bonds. The van der Waals surface area contributed by atoms with Gasteiger partial charge in [0.05, 0.1) is 13.2 Å². The van der Waals surface area contributed by atoms with Crippen LogP contribution in [0.3, 0.4) is 0 Å². The van der Waals surface area contributed by atoms with E-state index in [0.717, 1.165) is 12.8 Å². The average Bonchev–Trinajstić information content (AvgIpc) is 2.94. The highest BCUT2D eigenvalue weighted by atomic mass is 16.3. The Balaban J connectivity index is -0.000000603. The van der Waals surface area contributed by atoms with Crippen molar-refractivity contribution in [3.05, 3.63) is 0 Å². The number of hydrogen-bond donors (Lipinski definition) is 4. The molecular weight excluding hydrogens is 500 g/mol. The molecule has 0 radical (unpaired) electrons. The highest BCUT2D eigenvalue weighted by Crippen LogP contribution is 2.14. The minimum absolute atomic E-state index is 0.125. The molecule has 0 saturated heterocycles. The molecular formula is C34H72N2O4. The van der Waals surface area contributed by atoms with Crippen molar-refractivity contribution < 1.29 is 19.8 Å². The normalized spacial score (nSPS) is 10.4. The number of aliphatic hydroxyl groups is 2. The number of amides is 2. The van der Waals surface area contributed by atoms with Crippen LogP contribution >= 0.6 is 0 Å². The molecule has 6 nitrogen and oxygen atoms in total. The fraction of sp³-hybridized carbons (Fsp3) is 0.941. The monoisotopic (exact) mass is 573 g/mol. The lowest BCUT2D eigenvalue weighted by Crippen LogP contribution is -2.09. The molecule has 0 fully saturated rings. The number of nitrogens with two attached hydrogens (primary N) is 2. The van der Waals surface area contributed by atoms with Gasteiger partial charge in [-0.25, -0.2) is 0 Å². The number of carbonyl (C=O) groups excluding carboxylic acids is 2. The van der Waals surface area contributed by atoms with Crippen LogP contribution in [0.4, 0.5) is 0 Å². The molecule has 0 atom stereocenters. The zero-order valence-corrected chi connectivity index (χ0v) is 27.1. The molecule has 0 unspecified atom stereocenters. The quantitative estimate of drug-likeness (QED) is 0.0667. The summed E-state index contributed by atoms with van der Waals surface area (Å²) in [6.45, 7) is 4.28. The molecule has 242 valence electrons. The van der Waals surface area contributed by atoms with Gasteiger partial charge >= 0.3 is 0 Å². The summed E-state index contributed by atoms with van der Waals surface area (Å²) in [5, 5.41) is 15.2. The second kappa shape index (κ2) is 42.3. The molecule has 0 aromatic heterocycles. The maximum atomic E-state index is 10.5. The number of rotatable bonds is 29. The Morgan fingerprint density at radius 3 is 0.700 bits per heavy atom. The minimum atomic E-state index is -0.155. The summed E-state index contributed by atoms with van der Waals surface area (Å²) in [7, 11) is 0. The maximum absolute atomic E-state index is 10.5. The molecule has 0 aliphatic heterocycles.